The molecule has 8 heavy (non-hydrogen) atoms. The number of hydrogen-bond donors (Lipinski definition) is 2. The van der Waals surface area contributed by atoms with Gasteiger partial charge in [0.2, 0.25) is 0 Å². The molecule has 0 saturated carbocycles. The lowest BCUT2D eigenvalue weighted by molar-refractivity contribution is 0.0585. The Labute approximate surface area is 48.4 Å². The number of rotatable bonds is 1. The zero-order valence-corrected chi connectivity index (χ0v) is 4.71. The molecule has 48 valence electrons. The van der Waals surface area contributed by atoms with Crippen molar-refractivity contribution >= 4 is 0 Å². The summed E-state index contributed by atoms with van der Waals surface area (Å²) in [4.78, 5) is 0. The van der Waals surface area contributed by atoms with Crippen molar-refractivity contribution < 1.29 is 9.84 Å². The van der Waals surface area contributed by atoms with Gasteiger partial charge in [-0.2, -0.15) is 0 Å². The first-order valence-corrected chi connectivity index (χ1v) is 2.81. The van der Waals surface area contributed by atoms with Gasteiger partial charge in [0.15, 0.2) is 0 Å². The van der Waals surface area contributed by atoms with E-state index < -0.39 is 0 Å². The van der Waals surface area contributed by atoms with E-state index in [1.807, 2.05) is 0 Å². The predicted molar refractivity (Wildman–Crippen MR) is 29.4 cm³/mol. The second kappa shape index (κ2) is 2.44. The van der Waals surface area contributed by atoms with Crippen LogP contribution in [0, 0.1) is 0 Å². The quantitative estimate of drug-likeness (QED) is 0.467. The molecule has 3 N–H and O–H groups in total. The Morgan fingerprint density at radius 2 is 2.50 bits per heavy atom. The first kappa shape index (κ1) is 6.01. The molecule has 1 aliphatic rings. The lowest BCUT2D eigenvalue weighted by atomic mass is 10.2. The van der Waals surface area contributed by atoms with E-state index in [-0.39, 0.29) is 18.8 Å². The summed E-state index contributed by atoms with van der Waals surface area (Å²) in [6.07, 6.45) is 0.807. The fourth-order valence-corrected chi connectivity index (χ4v) is 0.861. The highest BCUT2D eigenvalue weighted by atomic mass is 16.5. The van der Waals surface area contributed by atoms with Crippen molar-refractivity contribution in [1.82, 2.24) is 0 Å². The van der Waals surface area contributed by atoms with Crippen molar-refractivity contribution in [2.75, 3.05) is 13.2 Å². The lowest BCUT2D eigenvalue weighted by Crippen LogP contribution is -2.19. The van der Waals surface area contributed by atoms with Crippen LogP contribution in [-0.2, 0) is 4.74 Å². The Kier molecular flexibility index (Phi) is 1.83. The van der Waals surface area contributed by atoms with Crippen LogP contribution >= 0.6 is 0 Å². The van der Waals surface area contributed by atoms with Crippen molar-refractivity contribution in [2.24, 2.45) is 5.73 Å². The van der Waals surface area contributed by atoms with Gasteiger partial charge >= 0.3 is 0 Å². The van der Waals surface area contributed by atoms with Crippen molar-refractivity contribution in [3.63, 3.8) is 0 Å². The third-order valence-corrected chi connectivity index (χ3v) is 1.32. The lowest BCUT2D eigenvalue weighted by Gasteiger charge is -2.00. The minimum atomic E-state index is 0.00463. The maximum Gasteiger partial charge on any atom is 0.0822 e. The number of nitrogens with two attached hydrogens (primary N) is 1. The van der Waals surface area contributed by atoms with E-state index in [2.05, 4.69) is 0 Å². The van der Waals surface area contributed by atoms with Crippen molar-refractivity contribution in [3.8, 4) is 0 Å². The molecule has 0 spiro atoms. The first-order valence-electron chi connectivity index (χ1n) is 2.81. The van der Waals surface area contributed by atoms with E-state index in [1.54, 1.807) is 0 Å². The monoisotopic (exact) mass is 117 g/mol. The topological polar surface area (TPSA) is 55.5 Å². The van der Waals surface area contributed by atoms with Crippen LogP contribution in [0.1, 0.15) is 6.42 Å². The van der Waals surface area contributed by atoms with Crippen LogP contribution < -0.4 is 5.73 Å². The van der Waals surface area contributed by atoms with E-state index >= 15 is 0 Å². The average molecular weight is 117 g/mol. The molecule has 0 bridgehead atoms. The summed E-state index contributed by atoms with van der Waals surface area (Å²) < 4.78 is 5.04. The molecule has 1 rings (SSSR count). The highest BCUT2D eigenvalue weighted by Gasteiger charge is 2.20. The molecule has 0 radical (unpaired) electrons. The van der Waals surface area contributed by atoms with E-state index in [9.17, 15) is 0 Å². The highest BCUT2D eigenvalue weighted by molar-refractivity contribution is 4.74. The van der Waals surface area contributed by atoms with Crippen molar-refractivity contribution in [1.29, 1.82) is 0 Å². The van der Waals surface area contributed by atoms with Gasteiger partial charge in [0.25, 0.3) is 0 Å². The van der Waals surface area contributed by atoms with Crippen molar-refractivity contribution in [2.45, 2.75) is 18.6 Å². The van der Waals surface area contributed by atoms with Gasteiger partial charge in [0.1, 0.15) is 0 Å². The molecule has 1 unspecified atom stereocenters. The molecule has 1 fully saturated rings. The fraction of sp³-hybridized carbons (Fsp3) is 1.00. The Balaban J connectivity index is 2.22. The van der Waals surface area contributed by atoms with Gasteiger partial charge in [-0.25, -0.2) is 0 Å². The Morgan fingerprint density at radius 1 is 1.75 bits per heavy atom. The van der Waals surface area contributed by atoms with E-state index in [0.717, 1.165) is 6.42 Å². The van der Waals surface area contributed by atoms with Gasteiger partial charge < -0.3 is 15.6 Å². The third kappa shape index (κ3) is 1.18. The summed E-state index contributed by atoms with van der Waals surface area (Å²) in [6.45, 7) is 0.707. The standard InChI is InChI=1S/C5H11NO2/c6-4-1-5(2-7)8-3-4/h4-5,7H,1-3,6H2/t4?,5-/m1/s1. The SMILES string of the molecule is NC1CO[C@@H](CO)C1. The number of aliphatic hydroxyl groups excluding tert-OH is 1. The molecule has 0 aromatic heterocycles. The molecule has 0 aliphatic carbocycles. The van der Waals surface area contributed by atoms with Crippen LogP contribution in [-0.4, -0.2) is 30.5 Å². The third-order valence-electron chi connectivity index (χ3n) is 1.32. The summed E-state index contributed by atoms with van der Waals surface area (Å²) in [6, 6.07) is 0.146. The van der Waals surface area contributed by atoms with E-state index in [0.29, 0.717) is 6.61 Å². The summed E-state index contributed by atoms with van der Waals surface area (Å²) in [5.74, 6) is 0. The zero-order chi connectivity index (χ0) is 5.98. The molecule has 1 heterocycles. The first-order chi connectivity index (χ1) is 3.83. The fourth-order valence-electron chi connectivity index (χ4n) is 0.861. The zero-order valence-electron chi connectivity index (χ0n) is 4.71. The summed E-state index contributed by atoms with van der Waals surface area (Å²) in [7, 11) is 0. The molecule has 3 heteroatoms. The van der Waals surface area contributed by atoms with Crippen LogP contribution in [0.3, 0.4) is 0 Å². The van der Waals surface area contributed by atoms with Gasteiger partial charge in [0, 0.05) is 6.04 Å². The highest BCUT2D eigenvalue weighted by Crippen LogP contribution is 2.09. The Hall–Kier alpha value is -0.120. The van der Waals surface area contributed by atoms with Gasteiger partial charge in [-0.3, -0.25) is 0 Å². The Morgan fingerprint density at radius 3 is 2.75 bits per heavy atom. The Bertz CT molecular complexity index is 76.8. The smallest absolute Gasteiger partial charge is 0.0822 e. The second-order valence-electron chi connectivity index (χ2n) is 2.13. The molecular weight excluding hydrogens is 106 g/mol. The molecular formula is C5H11NO2. The second-order valence-corrected chi connectivity index (χ2v) is 2.13. The number of hydrogen-bond acceptors (Lipinski definition) is 3. The van der Waals surface area contributed by atoms with Crippen molar-refractivity contribution in [3.05, 3.63) is 0 Å². The van der Waals surface area contributed by atoms with E-state index in [1.165, 1.54) is 0 Å². The van der Waals surface area contributed by atoms with Crippen LogP contribution in [0.4, 0.5) is 0 Å². The number of aliphatic hydroxyl groups is 1. The van der Waals surface area contributed by atoms with Crippen LogP contribution in [0.5, 0.6) is 0 Å². The summed E-state index contributed by atoms with van der Waals surface area (Å²) in [5, 5.41) is 8.50. The molecule has 1 aliphatic heterocycles. The maximum absolute atomic E-state index is 8.50. The molecule has 0 aromatic rings. The largest absolute Gasteiger partial charge is 0.394 e. The molecule has 3 nitrogen and oxygen atoms in total. The minimum Gasteiger partial charge on any atom is -0.394 e. The molecule has 1 saturated heterocycles. The van der Waals surface area contributed by atoms with Gasteiger partial charge in [0.05, 0.1) is 19.3 Å². The van der Waals surface area contributed by atoms with E-state index in [4.69, 9.17) is 15.6 Å². The van der Waals surface area contributed by atoms with Gasteiger partial charge in [-0.15, -0.1) is 0 Å². The van der Waals surface area contributed by atoms with Crippen LogP contribution in [0.2, 0.25) is 0 Å². The van der Waals surface area contributed by atoms with Crippen LogP contribution in [0.15, 0.2) is 0 Å². The summed E-state index contributed by atoms with van der Waals surface area (Å²) in [5.41, 5.74) is 5.46. The maximum atomic E-state index is 8.50. The average Bonchev–Trinajstić information content (AvgIpc) is 2.14. The van der Waals surface area contributed by atoms with Gasteiger partial charge in [-0.05, 0) is 6.42 Å². The summed E-state index contributed by atoms with van der Waals surface area (Å²) >= 11 is 0. The normalized spacial score (nSPS) is 38.2. The molecule has 2 atom stereocenters. The number of ether oxygens (including phenoxy) is 1. The molecule has 0 aromatic carbocycles. The minimum absolute atomic E-state index is 0.00463. The predicted octanol–water partition coefficient (Wildman–Crippen LogP) is -0.905. The van der Waals surface area contributed by atoms with Gasteiger partial charge in [-0.1, -0.05) is 0 Å². The molecule has 0 amide bonds. The van der Waals surface area contributed by atoms with Crippen LogP contribution in [0.25, 0.3) is 0 Å².